The van der Waals surface area contributed by atoms with Gasteiger partial charge in [-0.1, -0.05) is 12.1 Å². The summed E-state index contributed by atoms with van der Waals surface area (Å²) in [6.45, 7) is 0. The van der Waals surface area contributed by atoms with E-state index in [0.717, 1.165) is 0 Å². The van der Waals surface area contributed by atoms with Crippen molar-refractivity contribution in [2.75, 3.05) is 0 Å². The Bertz CT molecular complexity index is 181. The van der Waals surface area contributed by atoms with Crippen molar-refractivity contribution in [3.63, 3.8) is 0 Å². The van der Waals surface area contributed by atoms with Crippen molar-refractivity contribution in [2.24, 2.45) is 0 Å². The Morgan fingerprint density at radius 2 is 2.00 bits per heavy atom. The number of aromatic nitrogens is 1. The van der Waals surface area contributed by atoms with E-state index in [1.54, 1.807) is 12.1 Å². The van der Waals surface area contributed by atoms with E-state index in [2.05, 4.69) is 4.98 Å². The van der Waals surface area contributed by atoms with Gasteiger partial charge in [-0.05, 0) is 6.07 Å². The fraction of sp³-hybridized carbons (Fsp3) is 0. The Hall–Kier alpha value is 0.546. The van der Waals surface area contributed by atoms with Crippen molar-refractivity contribution in [1.82, 2.24) is 4.98 Å². The van der Waals surface area contributed by atoms with Crippen LogP contribution in [0.25, 0.3) is 0 Å². The van der Waals surface area contributed by atoms with Crippen LogP contribution in [0.5, 0.6) is 0 Å². The zero-order valence-electron chi connectivity index (χ0n) is 5.16. The Morgan fingerprint density at radius 3 is 2.22 bits per heavy atom. The molecule has 0 radical (unpaired) electrons. The van der Waals surface area contributed by atoms with E-state index >= 15 is 0 Å². The first kappa shape index (κ1) is 12.2. The molecule has 1 aromatic rings. The second-order valence-electron chi connectivity index (χ2n) is 1.17. The van der Waals surface area contributed by atoms with Gasteiger partial charge in [-0.2, -0.15) is 6.20 Å². The Balaban J connectivity index is 0. The summed E-state index contributed by atoms with van der Waals surface area (Å²) in [6.07, 6.45) is 1.47. The zero-order valence-corrected chi connectivity index (χ0v) is 8.29. The summed E-state index contributed by atoms with van der Waals surface area (Å²) in [5, 5.41) is 0. The third-order valence-corrected chi connectivity index (χ3v) is 0.638. The van der Waals surface area contributed by atoms with Crippen LogP contribution < -0.4 is 61.9 Å². The standard InChI is InChI=1S/C5H5NO.K.H2O/c7-5-3-1-2-4-6-5;;/h1-4H,(H,6,7);;1H2/q;+1;/p-1. The fourth-order valence-corrected chi connectivity index (χ4v) is 0.347. The normalized spacial score (nSPS) is 6.67. The monoisotopic (exact) mass is 151 g/mol. The molecule has 0 aliphatic rings. The van der Waals surface area contributed by atoms with E-state index in [9.17, 15) is 4.79 Å². The maximum absolute atomic E-state index is 10.2. The molecule has 0 bridgehead atoms. The van der Waals surface area contributed by atoms with Crippen LogP contribution in [0.15, 0.2) is 29.2 Å². The zero-order chi connectivity index (χ0) is 5.11. The van der Waals surface area contributed by atoms with Crippen LogP contribution in [0.3, 0.4) is 0 Å². The molecule has 0 aromatic carbocycles. The van der Waals surface area contributed by atoms with E-state index in [0.29, 0.717) is 0 Å². The van der Waals surface area contributed by atoms with Crippen molar-refractivity contribution in [1.29, 1.82) is 0 Å². The molecule has 1 rings (SSSR count). The third kappa shape index (κ3) is 5.01. The second kappa shape index (κ2) is 6.66. The topological polar surface area (TPSA) is 62.7 Å². The molecule has 0 spiro atoms. The molecule has 0 aliphatic carbocycles. The van der Waals surface area contributed by atoms with E-state index in [1.807, 2.05) is 0 Å². The van der Waals surface area contributed by atoms with Gasteiger partial charge in [0.15, 0.2) is 0 Å². The molecule has 4 heteroatoms. The molecule has 1 aromatic heterocycles. The quantitative estimate of drug-likeness (QED) is 0.357. The van der Waals surface area contributed by atoms with Crippen molar-refractivity contribution < 1.29 is 56.9 Å². The molecule has 0 amide bonds. The minimum Gasteiger partial charge on any atom is -0.629 e. The largest absolute Gasteiger partial charge is 1.00 e. The fourth-order valence-electron chi connectivity index (χ4n) is 0.347. The molecule has 0 fully saturated rings. The Morgan fingerprint density at radius 1 is 1.33 bits per heavy atom. The van der Waals surface area contributed by atoms with Crippen LogP contribution in [0.1, 0.15) is 0 Å². The number of rotatable bonds is 0. The molecule has 0 aliphatic heterocycles. The summed E-state index contributed by atoms with van der Waals surface area (Å²) in [7, 11) is 0. The van der Waals surface area contributed by atoms with E-state index in [1.165, 1.54) is 12.3 Å². The Labute approximate surface area is 95.2 Å². The molecule has 0 atom stereocenters. The molecule has 44 valence electrons. The minimum absolute atomic E-state index is 0. The van der Waals surface area contributed by atoms with Crippen LogP contribution in [0.4, 0.5) is 0 Å². The van der Waals surface area contributed by atoms with Gasteiger partial charge in [0.25, 0.3) is 0 Å². The van der Waals surface area contributed by atoms with Gasteiger partial charge in [0.1, 0.15) is 0 Å². The SMILES string of the molecule is O.O=c1cccc[n-]1.[K+]. The smallest absolute Gasteiger partial charge is 0.629 e. The van der Waals surface area contributed by atoms with Crippen molar-refractivity contribution in [3.8, 4) is 0 Å². The molecule has 9 heavy (non-hydrogen) atoms. The van der Waals surface area contributed by atoms with Crippen LogP contribution in [-0.2, 0) is 0 Å². The molecule has 3 nitrogen and oxygen atoms in total. The van der Waals surface area contributed by atoms with Gasteiger partial charge in [-0.3, -0.25) is 0 Å². The summed E-state index contributed by atoms with van der Waals surface area (Å²) < 4.78 is 0. The van der Waals surface area contributed by atoms with Crippen LogP contribution in [0, 0.1) is 0 Å². The van der Waals surface area contributed by atoms with Gasteiger partial charge in [0.2, 0.25) is 0 Å². The minimum atomic E-state index is -0.178. The predicted molar refractivity (Wildman–Crippen MR) is 29.6 cm³/mol. The van der Waals surface area contributed by atoms with Gasteiger partial charge in [0.05, 0.1) is 5.56 Å². The summed E-state index contributed by atoms with van der Waals surface area (Å²) >= 11 is 0. The van der Waals surface area contributed by atoms with Gasteiger partial charge < -0.3 is 15.3 Å². The maximum Gasteiger partial charge on any atom is 1.00 e. The molecular weight excluding hydrogens is 145 g/mol. The first-order valence-electron chi connectivity index (χ1n) is 1.97. The van der Waals surface area contributed by atoms with Gasteiger partial charge >= 0.3 is 51.4 Å². The second-order valence-corrected chi connectivity index (χ2v) is 1.17. The van der Waals surface area contributed by atoms with Crippen LogP contribution in [-0.4, -0.2) is 5.48 Å². The van der Waals surface area contributed by atoms with Crippen molar-refractivity contribution in [2.45, 2.75) is 0 Å². The molecule has 0 saturated heterocycles. The number of hydrogen-bond acceptors (Lipinski definition) is 1. The average Bonchev–Trinajstić information content (AvgIpc) is 1.69. The molecule has 0 saturated carbocycles. The van der Waals surface area contributed by atoms with Crippen LogP contribution >= 0.6 is 0 Å². The average molecular weight is 151 g/mol. The first-order valence-corrected chi connectivity index (χ1v) is 1.97. The summed E-state index contributed by atoms with van der Waals surface area (Å²) in [4.78, 5) is 13.6. The van der Waals surface area contributed by atoms with E-state index in [-0.39, 0.29) is 62.4 Å². The molecular formula is C5H6KNO2. The van der Waals surface area contributed by atoms with Gasteiger partial charge in [-0.15, -0.1) is 0 Å². The summed E-state index contributed by atoms with van der Waals surface area (Å²) in [6, 6.07) is 4.79. The Kier molecular flexibility index (Phi) is 9.07. The summed E-state index contributed by atoms with van der Waals surface area (Å²) in [5.74, 6) is 0. The van der Waals surface area contributed by atoms with E-state index < -0.39 is 0 Å². The molecule has 0 unspecified atom stereocenters. The van der Waals surface area contributed by atoms with Gasteiger partial charge in [0, 0.05) is 0 Å². The summed E-state index contributed by atoms with van der Waals surface area (Å²) in [5.41, 5.74) is -0.178. The number of hydrogen-bond donors (Lipinski definition) is 0. The maximum atomic E-state index is 10.2. The predicted octanol–water partition coefficient (Wildman–Crippen LogP) is -3.82. The number of pyridine rings is 1. The molecule has 1 heterocycles. The first-order chi connectivity index (χ1) is 3.39. The van der Waals surface area contributed by atoms with Crippen LogP contribution in [0.2, 0.25) is 0 Å². The van der Waals surface area contributed by atoms with Crippen molar-refractivity contribution in [3.05, 3.63) is 34.7 Å². The molecule has 2 N–H and O–H groups in total. The van der Waals surface area contributed by atoms with Crippen molar-refractivity contribution >= 4 is 0 Å². The number of nitrogens with zero attached hydrogens (tertiary/aromatic N) is 1. The van der Waals surface area contributed by atoms with Gasteiger partial charge in [-0.25, -0.2) is 0 Å². The third-order valence-electron chi connectivity index (χ3n) is 0.638. The van der Waals surface area contributed by atoms with E-state index in [4.69, 9.17) is 0 Å².